The molecular formula is C11H18O6. The van der Waals surface area contributed by atoms with Crippen molar-refractivity contribution < 1.29 is 29.0 Å². The van der Waals surface area contributed by atoms with Crippen LogP contribution in [0.5, 0.6) is 0 Å². The van der Waals surface area contributed by atoms with Crippen LogP contribution in [0.25, 0.3) is 0 Å². The van der Waals surface area contributed by atoms with Crippen molar-refractivity contribution in [1.82, 2.24) is 0 Å². The number of carboxylic acid groups (broad SMARTS) is 1. The number of hydrogen-bond acceptors (Lipinski definition) is 5. The van der Waals surface area contributed by atoms with Crippen molar-refractivity contribution in [2.45, 2.75) is 32.8 Å². The maximum atomic E-state index is 11.3. The van der Waals surface area contributed by atoms with E-state index in [-0.39, 0.29) is 25.2 Å². The molecule has 0 radical (unpaired) electrons. The fourth-order valence-corrected chi connectivity index (χ4v) is 1.10. The molecule has 2 unspecified atom stereocenters. The molecular weight excluding hydrogens is 228 g/mol. The van der Waals surface area contributed by atoms with Crippen LogP contribution in [0.2, 0.25) is 0 Å². The van der Waals surface area contributed by atoms with Crippen LogP contribution >= 0.6 is 0 Å². The first-order chi connectivity index (χ1) is 7.88. The van der Waals surface area contributed by atoms with Gasteiger partial charge in [-0.3, -0.25) is 9.59 Å². The molecule has 6 heteroatoms. The summed E-state index contributed by atoms with van der Waals surface area (Å²) < 4.78 is 9.62. The van der Waals surface area contributed by atoms with Crippen molar-refractivity contribution in [3.8, 4) is 0 Å². The van der Waals surface area contributed by atoms with Crippen LogP contribution in [-0.4, -0.2) is 42.6 Å². The van der Waals surface area contributed by atoms with Gasteiger partial charge < -0.3 is 14.6 Å². The predicted octanol–water partition coefficient (Wildman–Crippen LogP) is 0.634. The summed E-state index contributed by atoms with van der Waals surface area (Å²) in [6.07, 6.45) is -0.650. The number of Topliss-reactive ketones (excluding diaryl/α,β-unsaturated/α-hetero) is 1. The molecule has 0 aromatic rings. The van der Waals surface area contributed by atoms with E-state index in [0.29, 0.717) is 0 Å². The number of ketones is 1. The quantitative estimate of drug-likeness (QED) is 0.632. The maximum absolute atomic E-state index is 11.3. The van der Waals surface area contributed by atoms with E-state index in [1.165, 1.54) is 21.0 Å². The number of hydrogen-bond donors (Lipinski definition) is 1. The number of esters is 1. The molecule has 0 rings (SSSR count). The Morgan fingerprint density at radius 3 is 2.29 bits per heavy atom. The summed E-state index contributed by atoms with van der Waals surface area (Å²) in [6.45, 7) is 2.78. The van der Waals surface area contributed by atoms with E-state index in [0.717, 1.165) is 0 Å². The standard InChI is InChI=1S/C11H18O6/c1-7(12)9(4-5-10(13)14)6-17-11(15)8(2)16-3/h8-9H,4-6H2,1-3H3,(H,13,14). The Balaban J connectivity index is 4.13. The van der Waals surface area contributed by atoms with E-state index < -0.39 is 24.0 Å². The lowest BCUT2D eigenvalue weighted by Gasteiger charge is -2.15. The zero-order valence-corrected chi connectivity index (χ0v) is 10.3. The lowest BCUT2D eigenvalue weighted by atomic mass is 10.0. The van der Waals surface area contributed by atoms with Gasteiger partial charge in [-0.2, -0.15) is 0 Å². The average Bonchev–Trinajstić information content (AvgIpc) is 2.26. The van der Waals surface area contributed by atoms with Crippen LogP contribution in [0, 0.1) is 5.92 Å². The van der Waals surface area contributed by atoms with Crippen molar-refractivity contribution in [2.75, 3.05) is 13.7 Å². The van der Waals surface area contributed by atoms with E-state index in [9.17, 15) is 14.4 Å². The largest absolute Gasteiger partial charge is 0.481 e. The molecule has 0 saturated heterocycles. The molecule has 0 aromatic carbocycles. The monoisotopic (exact) mass is 246 g/mol. The Hall–Kier alpha value is -1.43. The highest BCUT2D eigenvalue weighted by Gasteiger charge is 2.20. The summed E-state index contributed by atoms with van der Waals surface area (Å²) in [4.78, 5) is 32.8. The van der Waals surface area contributed by atoms with Gasteiger partial charge in [0.05, 0.1) is 5.92 Å². The highest BCUT2D eigenvalue weighted by Crippen LogP contribution is 2.09. The van der Waals surface area contributed by atoms with E-state index in [2.05, 4.69) is 0 Å². The van der Waals surface area contributed by atoms with Gasteiger partial charge in [0.1, 0.15) is 12.4 Å². The van der Waals surface area contributed by atoms with Gasteiger partial charge in [-0.25, -0.2) is 4.79 Å². The second kappa shape index (κ2) is 7.78. The smallest absolute Gasteiger partial charge is 0.334 e. The van der Waals surface area contributed by atoms with Crippen LogP contribution in [0.4, 0.5) is 0 Å². The summed E-state index contributed by atoms with van der Waals surface area (Å²) in [5, 5.41) is 8.51. The molecule has 98 valence electrons. The summed E-state index contributed by atoms with van der Waals surface area (Å²) in [7, 11) is 1.37. The lowest BCUT2D eigenvalue weighted by molar-refractivity contribution is -0.156. The van der Waals surface area contributed by atoms with Gasteiger partial charge in [-0.15, -0.1) is 0 Å². The van der Waals surface area contributed by atoms with E-state index >= 15 is 0 Å². The molecule has 0 spiro atoms. The van der Waals surface area contributed by atoms with Crippen molar-refractivity contribution in [2.24, 2.45) is 5.92 Å². The number of carboxylic acids is 1. The molecule has 0 bridgehead atoms. The summed E-state index contributed by atoms with van der Waals surface area (Å²) in [5.74, 6) is -2.30. The molecule has 1 N–H and O–H groups in total. The van der Waals surface area contributed by atoms with E-state index in [1.54, 1.807) is 0 Å². The number of rotatable bonds is 8. The minimum absolute atomic E-state index is 0.102. The summed E-state index contributed by atoms with van der Waals surface area (Å²) in [6, 6.07) is 0. The van der Waals surface area contributed by atoms with Crippen molar-refractivity contribution >= 4 is 17.7 Å². The van der Waals surface area contributed by atoms with Crippen LogP contribution in [0.1, 0.15) is 26.7 Å². The third-order valence-electron chi connectivity index (χ3n) is 2.39. The normalized spacial score (nSPS) is 13.8. The Kier molecular flexibility index (Phi) is 7.13. The van der Waals surface area contributed by atoms with Gasteiger partial charge in [-0.1, -0.05) is 0 Å². The van der Waals surface area contributed by atoms with Crippen LogP contribution in [-0.2, 0) is 23.9 Å². The number of methoxy groups -OCH3 is 1. The van der Waals surface area contributed by atoms with E-state index in [1.807, 2.05) is 0 Å². The topological polar surface area (TPSA) is 89.9 Å². The molecule has 0 fully saturated rings. The van der Waals surface area contributed by atoms with Gasteiger partial charge in [0.2, 0.25) is 0 Å². The molecule has 2 atom stereocenters. The Labute approximate surface area is 99.9 Å². The SMILES string of the molecule is COC(C)C(=O)OCC(CCC(=O)O)C(C)=O. The maximum Gasteiger partial charge on any atom is 0.334 e. The molecule has 17 heavy (non-hydrogen) atoms. The summed E-state index contributed by atoms with van der Waals surface area (Å²) >= 11 is 0. The highest BCUT2D eigenvalue weighted by atomic mass is 16.6. The second-order valence-electron chi connectivity index (χ2n) is 3.75. The van der Waals surface area contributed by atoms with Crippen molar-refractivity contribution in [3.05, 3.63) is 0 Å². The molecule has 0 amide bonds. The molecule has 0 aliphatic carbocycles. The number of carbonyl (C=O) groups excluding carboxylic acids is 2. The van der Waals surface area contributed by atoms with Crippen LogP contribution in [0.15, 0.2) is 0 Å². The zero-order chi connectivity index (χ0) is 13.4. The molecule has 0 heterocycles. The first-order valence-electron chi connectivity index (χ1n) is 5.30. The van der Waals surface area contributed by atoms with Gasteiger partial charge in [-0.05, 0) is 20.3 Å². The molecule has 0 saturated carbocycles. The highest BCUT2D eigenvalue weighted by molar-refractivity contribution is 5.80. The van der Waals surface area contributed by atoms with Crippen LogP contribution < -0.4 is 0 Å². The predicted molar refractivity (Wildman–Crippen MR) is 58.5 cm³/mol. The fraction of sp³-hybridized carbons (Fsp3) is 0.727. The fourth-order valence-electron chi connectivity index (χ4n) is 1.10. The Bertz CT molecular complexity index is 286. The third kappa shape index (κ3) is 6.68. The third-order valence-corrected chi connectivity index (χ3v) is 2.39. The lowest BCUT2D eigenvalue weighted by Crippen LogP contribution is -2.27. The molecule has 0 aliphatic heterocycles. The zero-order valence-electron chi connectivity index (χ0n) is 10.3. The Morgan fingerprint density at radius 2 is 1.88 bits per heavy atom. The number of aliphatic carboxylic acids is 1. The summed E-state index contributed by atoms with van der Waals surface area (Å²) in [5.41, 5.74) is 0. The average molecular weight is 246 g/mol. The minimum atomic E-state index is -0.979. The first kappa shape index (κ1) is 15.6. The van der Waals surface area contributed by atoms with Crippen molar-refractivity contribution in [1.29, 1.82) is 0 Å². The minimum Gasteiger partial charge on any atom is -0.481 e. The second-order valence-corrected chi connectivity index (χ2v) is 3.75. The van der Waals surface area contributed by atoms with Crippen molar-refractivity contribution in [3.63, 3.8) is 0 Å². The first-order valence-corrected chi connectivity index (χ1v) is 5.30. The molecule has 6 nitrogen and oxygen atoms in total. The van der Waals surface area contributed by atoms with Gasteiger partial charge in [0.15, 0.2) is 6.10 Å². The van der Waals surface area contributed by atoms with Gasteiger partial charge in [0, 0.05) is 13.5 Å². The molecule has 0 aromatic heterocycles. The number of ether oxygens (including phenoxy) is 2. The van der Waals surface area contributed by atoms with Crippen LogP contribution in [0.3, 0.4) is 0 Å². The van der Waals surface area contributed by atoms with E-state index in [4.69, 9.17) is 14.6 Å². The number of carbonyl (C=O) groups is 3. The molecule has 0 aliphatic rings. The Morgan fingerprint density at radius 1 is 1.29 bits per heavy atom. The van der Waals surface area contributed by atoms with Gasteiger partial charge in [0.25, 0.3) is 0 Å². The van der Waals surface area contributed by atoms with Gasteiger partial charge >= 0.3 is 11.9 Å².